The van der Waals surface area contributed by atoms with E-state index in [2.05, 4.69) is 54.5 Å². The molecule has 0 spiro atoms. The lowest BCUT2D eigenvalue weighted by molar-refractivity contribution is -0.148. The molecule has 22 heavy (non-hydrogen) atoms. The van der Waals surface area contributed by atoms with Gasteiger partial charge in [-0.05, 0) is 76.2 Å². The van der Waals surface area contributed by atoms with Crippen molar-refractivity contribution in [3.63, 3.8) is 0 Å². The van der Waals surface area contributed by atoms with Crippen LogP contribution < -0.4 is 0 Å². The molecule has 3 aliphatic rings. The third kappa shape index (κ3) is 2.67. The first kappa shape index (κ1) is 16.5. The Hall–Kier alpha value is -0.340. The molecule has 2 nitrogen and oxygen atoms in total. The fourth-order valence-corrected chi connectivity index (χ4v) is 5.91. The van der Waals surface area contributed by atoms with Gasteiger partial charge in [0.1, 0.15) is 0 Å². The van der Waals surface area contributed by atoms with Crippen LogP contribution in [0.1, 0.15) is 74.1 Å². The standard InChI is InChI=1S/C20H34O2/c1-13(2)11-20(7)21-17-10-15-14(3)8-9-16(15)18(4,5)12-19(17,6)22-20/h11,14-17H,8-10,12H2,1-7H3/t14-,15?,16-,17+,19-,20+/m1/s1. The van der Waals surface area contributed by atoms with Crippen molar-refractivity contribution >= 4 is 0 Å². The summed E-state index contributed by atoms with van der Waals surface area (Å²) in [4.78, 5) is 0. The molecule has 1 heterocycles. The van der Waals surface area contributed by atoms with E-state index in [1.807, 2.05) is 0 Å². The van der Waals surface area contributed by atoms with Crippen molar-refractivity contribution in [2.75, 3.05) is 0 Å². The van der Waals surface area contributed by atoms with Crippen molar-refractivity contribution in [3.8, 4) is 0 Å². The van der Waals surface area contributed by atoms with E-state index >= 15 is 0 Å². The van der Waals surface area contributed by atoms with Crippen LogP contribution in [0.15, 0.2) is 11.6 Å². The minimum absolute atomic E-state index is 0.158. The third-order valence-corrected chi connectivity index (χ3v) is 6.52. The van der Waals surface area contributed by atoms with Gasteiger partial charge >= 0.3 is 0 Å². The van der Waals surface area contributed by atoms with Crippen molar-refractivity contribution in [1.82, 2.24) is 0 Å². The second-order valence-corrected chi connectivity index (χ2v) is 9.48. The zero-order valence-corrected chi connectivity index (χ0v) is 15.5. The van der Waals surface area contributed by atoms with Gasteiger partial charge in [0.2, 0.25) is 0 Å². The van der Waals surface area contributed by atoms with Gasteiger partial charge in [-0.25, -0.2) is 0 Å². The number of hydrogen-bond acceptors (Lipinski definition) is 2. The Morgan fingerprint density at radius 2 is 1.77 bits per heavy atom. The Morgan fingerprint density at radius 3 is 2.41 bits per heavy atom. The summed E-state index contributed by atoms with van der Waals surface area (Å²) in [6.45, 7) is 16.0. The van der Waals surface area contributed by atoms with Crippen LogP contribution in [0.4, 0.5) is 0 Å². The van der Waals surface area contributed by atoms with Gasteiger partial charge in [0, 0.05) is 0 Å². The van der Waals surface area contributed by atoms with E-state index in [4.69, 9.17) is 9.47 Å². The first-order valence-electron chi connectivity index (χ1n) is 9.09. The molecule has 0 bridgehead atoms. The fraction of sp³-hybridized carbons (Fsp3) is 0.900. The summed E-state index contributed by atoms with van der Waals surface area (Å²) in [6.07, 6.45) is 7.40. The zero-order valence-electron chi connectivity index (χ0n) is 15.5. The Morgan fingerprint density at radius 1 is 1.09 bits per heavy atom. The Labute approximate surface area is 136 Å². The summed E-state index contributed by atoms with van der Waals surface area (Å²) in [5.41, 5.74) is 1.43. The van der Waals surface area contributed by atoms with Crippen LogP contribution >= 0.6 is 0 Å². The van der Waals surface area contributed by atoms with Crippen LogP contribution in [0.3, 0.4) is 0 Å². The minimum Gasteiger partial charge on any atom is -0.340 e. The smallest absolute Gasteiger partial charge is 0.186 e. The largest absolute Gasteiger partial charge is 0.340 e. The highest BCUT2D eigenvalue weighted by molar-refractivity contribution is 5.11. The van der Waals surface area contributed by atoms with E-state index in [1.54, 1.807) is 0 Å². The predicted molar refractivity (Wildman–Crippen MR) is 90.6 cm³/mol. The second-order valence-electron chi connectivity index (χ2n) is 9.48. The number of rotatable bonds is 1. The van der Waals surface area contributed by atoms with Gasteiger partial charge < -0.3 is 9.47 Å². The molecule has 2 saturated carbocycles. The van der Waals surface area contributed by atoms with E-state index in [9.17, 15) is 0 Å². The number of ether oxygens (including phenoxy) is 2. The van der Waals surface area contributed by atoms with Gasteiger partial charge in [0.15, 0.2) is 5.79 Å². The van der Waals surface area contributed by atoms with E-state index in [1.165, 1.54) is 18.4 Å². The molecular weight excluding hydrogens is 272 g/mol. The molecule has 126 valence electrons. The van der Waals surface area contributed by atoms with Gasteiger partial charge in [-0.2, -0.15) is 0 Å². The maximum Gasteiger partial charge on any atom is 0.186 e. The molecule has 0 aromatic heterocycles. The van der Waals surface area contributed by atoms with Crippen LogP contribution in [0, 0.1) is 23.2 Å². The third-order valence-electron chi connectivity index (χ3n) is 6.52. The average Bonchev–Trinajstić information content (AvgIpc) is 2.75. The molecule has 0 aromatic rings. The summed E-state index contributed by atoms with van der Waals surface area (Å²) < 4.78 is 13.1. The van der Waals surface area contributed by atoms with Crippen molar-refractivity contribution in [2.45, 2.75) is 91.6 Å². The van der Waals surface area contributed by atoms with Gasteiger partial charge in [0.25, 0.3) is 0 Å². The second kappa shape index (κ2) is 5.08. The molecule has 1 saturated heterocycles. The first-order chi connectivity index (χ1) is 10.0. The Balaban J connectivity index is 1.93. The maximum atomic E-state index is 6.57. The highest BCUT2D eigenvalue weighted by Crippen LogP contribution is 2.58. The van der Waals surface area contributed by atoms with Crippen LogP contribution in [0.5, 0.6) is 0 Å². The molecule has 6 atom stereocenters. The molecule has 0 aromatic carbocycles. The summed E-state index contributed by atoms with van der Waals surface area (Å²) in [5, 5.41) is 0. The molecule has 3 fully saturated rings. The van der Waals surface area contributed by atoms with Gasteiger partial charge in [0.05, 0.1) is 11.7 Å². The molecule has 0 N–H and O–H groups in total. The summed E-state index contributed by atoms with van der Waals surface area (Å²) in [5.74, 6) is 1.89. The van der Waals surface area contributed by atoms with E-state index in [-0.39, 0.29) is 11.7 Å². The Kier molecular flexibility index (Phi) is 3.81. The van der Waals surface area contributed by atoms with E-state index in [0.29, 0.717) is 5.41 Å². The molecule has 3 rings (SSSR count). The molecule has 0 amide bonds. The average molecular weight is 306 g/mol. The molecule has 0 radical (unpaired) electrons. The lowest BCUT2D eigenvalue weighted by Gasteiger charge is -2.38. The highest BCUT2D eigenvalue weighted by atomic mass is 16.8. The molecule has 2 heteroatoms. The van der Waals surface area contributed by atoms with Crippen molar-refractivity contribution in [3.05, 3.63) is 11.6 Å². The quantitative estimate of drug-likeness (QED) is 0.610. The van der Waals surface area contributed by atoms with Crippen LogP contribution in [-0.2, 0) is 9.47 Å². The fourth-order valence-electron chi connectivity index (χ4n) is 5.91. The van der Waals surface area contributed by atoms with Crippen LogP contribution in [-0.4, -0.2) is 17.5 Å². The maximum absolute atomic E-state index is 6.57. The SMILES string of the molecule is CC(C)=C[C@@]1(C)O[C@H]2CC3[C@H](C)CC[C@H]3C(C)(C)C[C@@]2(C)O1. The minimum atomic E-state index is -0.553. The summed E-state index contributed by atoms with van der Waals surface area (Å²) in [7, 11) is 0. The molecular formula is C20H34O2. The number of allylic oxidation sites excluding steroid dienone is 1. The normalized spacial score (nSPS) is 50.1. The lowest BCUT2D eigenvalue weighted by atomic mass is 9.69. The van der Waals surface area contributed by atoms with Crippen molar-refractivity contribution in [2.24, 2.45) is 23.2 Å². The van der Waals surface area contributed by atoms with Crippen LogP contribution in [0.25, 0.3) is 0 Å². The van der Waals surface area contributed by atoms with Crippen molar-refractivity contribution < 1.29 is 9.47 Å². The highest BCUT2D eigenvalue weighted by Gasteiger charge is 2.59. The predicted octanol–water partition coefficient (Wildman–Crippen LogP) is 5.33. The number of fused-ring (bicyclic) bond motifs is 2. The van der Waals surface area contributed by atoms with Crippen LogP contribution in [0.2, 0.25) is 0 Å². The van der Waals surface area contributed by atoms with E-state index < -0.39 is 5.79 Å². The molecule has 1 unspecified atom stereocenters. The lowest BCUT2D eigenvalue weighted by Crippen LogP contribution is -2.40. The van der Waals surface area contributed by atoms with Gasteiger partial charge in [-0.15, -0.1) is 0 Å². The van der Waals surface area contributed by atoms with Crippen molar-refractivity contribution in [1.29, 1.82) is 0 Å². The van der Waals surface area contributed by atoms with Gasteiger partial charge in [-0.3, -0.25) is 0 Å². The topological polar surface area (TPSA) is 18.5 Å². The Bertz CT molecular complexity index is 476. The van der Waals surface area contributed by atoms with Gasteiger partial charge in [-0.1, -0.05) is 32.8 Å². The van der Waals surface area contributed by atoms with E-state index in [0.717, 1.165) is 30.6 Å². The molecule has 2 aliphatic carbocycles. The zero-order chi connectivity index (χ0) is 16.3. The molecule has 1 aliphatic heterocycles. The number of hydrogen-bond donors (Lipinski definition) is 0. The monoisotopic (exact) mass is 306 g/mol. The first-order valence-corrected chi connectivity index (χ1v) is 9.09. The summed E-state index contributed by atoms with van der Waals surface area (Å²) >= 11 is 0. The summed E-state index contributed by atoms with van der Waals surface area (Å²) in [6, 6.07) is 0.